The Morgan fingerprint density at radius 2 is 0.875 bits per heavy atom. The zero-order valence-electron chi connectivity index (χ0n) is 36.7. The monoisotopic (exact) mass is 812 g/mol. The molecule has 0 fully saturated rings. The van der Waals surface area contributed by atoms with E-state index in [-0.39, 0.29) is 0 Å². The van der Waals surface area contributed by atoms with Crippen LogP contribution >= 0.6 is 0 Å². The van der Waals surface area contributed by atoms with E-state index in [0.717, 1.165) is 66.2 Å². The molecule has 3 aromatic heterocycles. The van der Waals surface area contributed by atoms with E-state index < -0.39 is 0 Å². The fourth-order valence-corrected chi connectivity index (χ4v) is 10.1. The largest absolute Gasteiger partial charge is 0.455 e. The standard InChI is InChI=1S/C53H38B6N4O/c54-39-25-41(56)48-44(46(39)58)45-47(59)40(55)26-42(57)49(45)63(48)35-23-37(29-10-2-1-3-11-29)50-38(24-35)36-19-18-34(22-43(36)64-50)53-61-51(32-16-14-27-8-4-6-12-30(27)20-32)60-52(62-53)33-17-15-28-9-5-7-13-31(28)21-33/h1-26H,54-59H2. The van der Waals surface area contributed by atoms with E-state index in [1.165, 1.54) is 65.4 Å². The highest BCUT2D eigenvalue weighted by Gasteiger charge is 2.24. The van der Waals surface area contributed by atoms with Gasteiger partial charge in [-0.1, -0.05) is 154 Å². The van der Waals surface area contributed by atoms with Crippen molar-refractivity contribution in [1.82, 2.24) is 19.5 Å². The van der Waals surface area contributed by atoms with E-state index >= 15 is 0 Å². The zero-order valence-corrected chi connectivity index (χ0v) is 36.7. The minimum Gasteiger partial charge on any atom is -0.455 e. The van der Waals surface area contributed by atoms with Crippen molar-refractivity contribution in [2.75, 3.05) is 0 Å². The van der Waals surface area contributed by atoms with E-state index in [0.29, 0.717) is 17.5 Å². The fourth-order valence-electron chi connectivity index (χ4n) is 10.1. The van der Waals surface area contributed by atoms with Gasteiger partial charge in [0, 0.05) is 49.7 Å². The molecular formula is C53H38B6N4O. The van der Waals surface area contributed by atoms with Crippen molar-refractivity contribution in [3.05, 3.63) is 158 Å². The van der Waals surface area contributed by atoms with Gasteiger partial charge in [-0.25, -0.2) is 15.0 Å². The van der Waals surface area contributed by atoms with Crippen LogP contribution in [0.4, 0.5) is 0 Å². The number of fused-ring (bicyclic) bond motifs is 8. The Morgan fingerprint density at radius 1 is 0.391 bits per heavy atom. The number of hydrogen-bond donors (Lipinski definition) is 0. The normalized spacial score (nSPS) is 11.8. The number of furan rings is 1. The smallest absolute Gasteiger partial charge is 0.164 e. The summed E-state index contributed by atoms with van der Waals surface area (Å²) in [6.45, 7) is 0. The van der Waals surface area contributed by atoms with E-state index in [4.69, 9.17) is 19.4 Å². The predicted molar refractivity (Wildman–Crippen MR) is 287 cm³/mol. The molecule has 0 N–H and O–H groups in total. The minimum atomic E-state index is 0.584. The number of nitrogens with zero attached hydrogens (tertiary/aromatic N) is 4. The topological polar surface area (TPSA) is 56.7 Å². The van der Waals surface area contributed by atoms with Gasteiger partial charge in [-0.3, -0.25) is 0 Å². The molecule has 12 aromatic rings. The Bertz CT molecular complexity index is 3770. The molecule has 12 rings (SSSR count). The van der Waals surface area contributed by atoms with Gasteiger partial charge >= 0.3 is 0 Å². The molecule has 0 spiro atoms. The summed E-state index contributed by atoms with van der Waals surface area (Å²) in [6.07, 6.45) is 0. The number of hydrogen-bond acceptors (Lipinski definition) is 4. The number of benzene rings is 9. The molecular weight excluding hydrogens is 773 g/mol. The Morgan fingerprint density at radius 3 is 1.42 bits per heavy atom. The van der Waals surface area contributed by atoms with Crippen LogP contribution in [0.3, 0.4) is 0 Å². The summed E-state index contributed by atoms with van der Waals surface area (Å²) in [6, 6.07) is 55.9. The lowest BCUT2D eigenvalue weighted by atomic mass is 9.71. The second-order valence-electron chi connectivity index (χ2n) is 17.5. The Balaban J connectivity index is 1.10. The summed E-state index contributed by atoms with van der Waals surface area (Å²) in [4.78, 5) is 15.5. The molecule has 0 aliphatic heterocycles. The molecule has 3 heterocycles. The highest BCUT2D eigenvalue weighted by molar-refractivity contribution is 6.62. The summed E-state index contributed by atoms with van der Waals surface area (Å²) < 4.78 is 9.52. The Hall–Kier alpha value is -7.50. The number of rotatable bonds is 5. The lowest BCUT2D eigenvalue weighted by Crippen LogP contribution is -2.33. The van der Waals surface area contributed by atoms with Crippen LogP contribution in [-0.4, -0.2) is 66.6 Å². The van der Waals surface area contributed by atoms with Crippen molar-refractivity contribution in [2.45, 2.75) is 0 Å². The summed E-state index contributed by atoms with van der Waals surface area (Å²) in [5.74, 6) is 1.82. The van der Waals surface area contributed by atoms with Crippen molar-refractivity contribution in [3.63, 3.8) is 0 Å². The maximum Gasteiger partial charge on any atom is 0.164 e. The van der Waals surface area contributed by atoms with Crippen molar-refractivity contribution in [2.24, 2.45) is 0 Å². The molecule has 0 aliphatic carbocycles. The second-order valence-corrected chi connectivity index (χ2v) is 17.5. The SMILES string of the molecule is Bc1cc(B)c2c(c1B)c1c(B)c(B)cc(B)c1n2-c1cc(-c2ccccc2)c2oc3cc(-c4nc(-c5ccc6ccccc6c5)nc(-c5ccc6ccccc6c5)n4)ccc3c2c1. The van der Waals surface area contributed by atoms with Crippen LogP contribution in [0.15, 0.2) is 162 Å². The molecule has 0 radical (unpaired) electrons. The van der Waals surface area contributed by atoms with Gasteiger partial charge in [0.1, 0.15) is 58.2 Å². The van der Waals surface area contributed by atoms with Gasteiger partial charge in [-0.2, -0.15) is 0 Å². The third-order valence-electron chi connectivity index (χ3n) is 13.5. The van der Waals surface area contributed by atoms with E-state index in [2.05, 4.69) is 209 Å². The van der Waals surface area contributed by atoms with Crippen LogP contribution in [0.1, 0.15) is 0 Å². The number of aromatic nitrogens is 4. The molecule has 0 unspecified atom stereocenters. The molecule has 0 saturated carbocycles. The van der Waals surface area contributed by atoms with E-state index in [1.807, 2.05) is 0 Å². The summed E-state index contributed by atoms with van der Waals surface area (Å²) in [5, 5.41) is 9.36. The lowest BCUT2D eigenvalue weighted by molar-refractivity contribution is 0.670. The van der Waals surface area contributed by atoms with E-state index in [1.54, 1.807) is 0 Å². The van der Waals surface area contributed by atoms with Crippen molar-refractivity contribution in [1.29, 1.82) is 0 Å². The summed E-state index contributed by atoms with van der Waals surface area (Å²) in [5.41, 5.74) is 17.9. The first-order valence-electron chi connectivity index (χ1n) is 22.0. The predicted octanol–water partition coefficient (Wildman–Crippen LogP) is 3.39. The first kappa shape index (κ1) is 38.2. The average Bonchev–Trinajstić information content (AvgIpc) is 3.89. The molecule has 11 heteroatoms. The zero-order chi connectivity index (χ0) is 43.4. The summed E-state index contributed by atoms with van der Waals surface area (Å²) >= 11 is 0. The van der Waals surface area contributed by atoms with Crippen LogP contribution in [0.5, 0.6) is 0 Å². The van der Waals surface area contributed by atoms with Crippen LogP contribution in [-0.2, 0) is 0 Å². The van der Waals surface area contributed by atoms with Gasteiger partial charge in [0.25, 0.3) is 0 Å². The summed E-state index contributed by atoms with van der Waals surface area (Å²) in [7, 11) is 13.5. The minimum absolute atomic E-state index is 0.584. The van der Waals surface area contributed by atoms with Crippen molar-refractivity contribution >= 4 is 145 Å². The van der Waals surface area contributed by atoms with Crippen LogP contribution in [0.25, 0.3) is 116 Å². The van der Waals surface area contributed by atoms with Crippen molar-refractivity contribution < 1.29 is 4.42 Å². The van der Waals surface area contributed by atoms with Gasteiger partial charge in [0.15, 0.2) is 17.5 Å². The molecule has 5 nitrogen and oxygen atoms in total. The lowest BCUT2D eigenvalue weighted by Gasteiger charge is -2.15. The van der Waals surface area contributed by atoms with Gasteiger partial charge in [0.2, 0.25) is 0 Å². The maximum absolute atomic E-state index is 7.01. The maximum atomic E-state index is 7.01. The van der Waals surface area contributed by atoms with Crippen molar-refractivity contribution in [3.8, 4) is 51.0 Å². The molecule has 294 valence electrons. The molecule has 0 aliphatic rings. The molecule has 64 heavy (non-hydrogen) atoms. The third-order valence-corrected chi connectivity index (χ3v) is 13.5. The third kappa shape index (κ3) is 5.98. The molecule has 0 atom stereocenters. The Kier molecular flexibility index (Phi) is 8.67. The highest BCUT2D eigenvalue weighted by Crippen LogP contribution is 2.41. The van der Waals surface area contributed by atoms with Gasteiger partial charge < -0.3 is 8.98 Å². The quantitative estimate of drug-likeness (QED) is 0.251. The fraction of sp³-hybridized carbons (Fsp3) is 0. The Labute approximate surface area is 376 Å². The van der Waals surface area contributed by atoms with Gasteiger partial charge in [0.05, 0.1) is 0 Å². The molecule has 0 bridgehead atoms. The van der Waals surface area contributed by atoms with Crippen LogP contribution in [0, 0.1) is 0 Å². The molecule has 0 amide bonds. The second kappa shape index (κ2) is 14.5. The van der Waals surface area contributed by atoms with Gasteiger partial charge in [-0.05, 0) is 74.3 Å². The average molecular weight is 812 g/mol. The molecule has 0 saturated heterocycles. The van der Waals surface area contributed by atoms with Crippen LogP contribution in [0.2, 0.25) is 0 Å². The van der Waals surface area contributed by atoms with E-state index in [9.17, 15) is 0 Å². The first-order valence-corrected chi connectivity index (χ1v) is 22.0. The van der Waals surface area contributed by atoms with Gasteiger partial charge in [-0.15, -0.1) is 0 Å². The van der Waals surface area contributed by atoms with Crippen LogP contribution < -0.4 is 32.8 Å². The first-order chi connectivity index (χ1) is 31.2. The highest BCUT2D eigenvalue weighted by atomic mass is 16.3. The molecule has 9 aromatic carbocycles.